The molecule has 2 N–H and O–H groups in total. The Kier molecular flexibility index (Phi) is 6.52. The van der Waals surface area contributed by atoms with Crippen molar-refractivity contribution in [2.24, 2.45) is 0 Å². The number of phenols is 2. The first-order valence-electron chi connectivity index (χ1n) is 10.1. The predicted octanol–water partition coefficient (Wildman–Crippen LogP) is 3.15. The van der Waals surface area contributed by atoms with E-state index in [9.17, 15) is 24.6 Å². The Morgan fingerprint density at radius 2 is 1.63 bits per heavy atom. The van der Waals surface area contributed by atoms with Crippen molar-refractivity contribution < 1.29 is 29.3 Å². The molecule has 0 saturated carbocycles. The summed E-state index contributed by atoms with van der Waals surface area (Å²) in [7, 11) is 0. The van der Waals surface area contributed by atoms with Crippen molar-refractivity contribution in [1.29, 1.82) is 0 Å². The Hall–Kier alpha value is -3.19. The highest BCUT2D eigenvalue weighted by Gasteiger charge is 2.35. The number of aromatic hydroxyl groups is 2. The highest BCUT2D eigenvalue weighted by Crippen LogP contribution is 2.37. The number of nitrogens with zero attached hydrogens (tertiary/aromatic N) is 1. The van der Waals surface area contributed by atoms with E-state index < -0.39 is 23.3 Å². The molecule has 0 unspecified atom stereocenters. The van der Waals surface area contributed by atoms with Crippen LogP contribution in [0.4, 0.5) is 0 Å². The number of rotatable bonds is 8. The van der Waals surface area contributed by atoms with Gasteiger partial charge < -0.3 is 19.8 Å². The number of benzene rings is 2. The quantitative estimate of drug-likeness (QED) is 0.433. The number of ketones is 2. The largest absolute Gasteiger partial charge is 0.507 e. The van der Waals surface area contributed by atoms with E-state index in [1.165, 1.54) is 24.3 Å². The lowest BCUT2D eigenvalue weighted by atomic mass is 9.82. The molecule has 0 heterocycles. The molecule has 0 fully saturated rings. The van der Waals surface area contributed by atoms with Crippen molar-refractivity contribution in [3.63, 3.8) is 0 Å². The molecule has 0 aliphatic heterocycles. The Morgan fingerprint density at radius 1 is 0.933 bits per heavy atom. The van der Waals surface area contributed by atoms with Gasteiger partial charge in [0.1, 0.15) is 11.5 Å². The number of carbonyl (C=O) groups is 3. The molecule has 1 aliphatic rings. The first-order valence-corrected chi connectivity index (χ1v) is 10.1. The third-order valence-electron chi connectivity index (χ3n) is 5.34. The summed E-state index contributed by atoms with van der Waals surface area (Å²) in [5.41, 5.74) is -0.404. The minimum absolute atomic E-state index is 0.000235. The van der Waals surface area contributed by atoms with Gasteiger partial charge in [0.2, 0.25) is 5.78 Å². The summed E-state index contributed by atoms with van der Waals surface area (Å²) in [6, 6.07) is 6.57. The zero-order valence-corrected chi connectivity index (χ0v) is 17.1. The molecule has 7 heteroatoms. The maximum absolute atomic E-state index is 12.8. The molecule has 3 rings (SSSR count). The van der Waals surface area contributed by atoms with Gasteiger partial charge in [0.15, 0.2) is 5.78 Å². The first-order chi connectivity index (χ1) is 14.4. The van der Waals surface area contributed by atoms with Crippen LogP contribution in [0.1, 0.15) is 68.9 Å². The lowest BCUT2D eigenvalue weighted by Gasteiger charge is -2.20. The van der Waals surface area contributed by atoms with Crippen LogP contribution in [0.15, 0.2) is 30.3 Å². The molecule has 0 bridgehead atoms. The van der Waals surface area contributed by atoms with Crippen LogP contribution in [0.2, 0.25) is 0 Å². The summed E-state index contributed by atoms with van der Waals surface area (Å²) in [6.07, 6.45) is 1.58. The van der Waals surface area contributed by atoms with Crippen LogP contribution in [0.5, 0.6) is 11.5 Å². The van der Waals surface area contributed by atoms with Gasteiger partial charge in [-0.25, -0.2) is 4.79 Å². The molecule has 158 valence electrons. The molecular formula is C23H25NO6. The number of ether oxygens (including phenoxy) is 1. The lowest BCUT2D eigenvalue weighted by Crippen LogP contribution is -2.24. The van der Waals surface area contributed by atoms with Gasteiger partial charge in [-0.3, -0.25) is 9.59 Å². The van der Waals surface area contributed by atoms with Gasteiger partial charge in [0.05, 0.1) is 23.3 Å². The summed E-state index contributed by atoms with van der Waals surface area (Å²) in [6.45, 7) is 7.28. The monoisotopic (exact) mass is 411 g/mol. The maximum atomic E-state index is 12.8. The number of carbonyl (C=O) groups excluding carboxylic acids is 3. The van der Waals surface area contributed by atoms with Gasteiger partial charge in [-0.1, -0.05) is 26.0 Å². The zero-order chi connectivity index (χ0) is 21.8. The molecule has 0 spiro atoms. The molecule has 0 saturated heterocycles. The summed E-state index contributed by atoms with van der Waals surface area (Å²) in [5.74, 6) is -2.69. The summed E-state index contributed by atoms with van der Waals surface area (Å²) in [5, 5.41) is 20.3. The SMILES string of the molecule is CCN(CC)CCCCOC(=O)c1cc(O)c2c(c1)C(=O)c1cccc(O)c1C2=O. The van der Waals surface area contributed by atoms with E-state index in [0.717, 1.165) is 32.1 Å². The number of hydrogen-bond acceptors (Lipinski definition) is 7. The summed E-state index contributed by atoms with van der Waals surface area (Å²) in [4.78, 5) is 40.2. The molecule has 30 heavy (non-hydrogen) atoms. The van der Waals surface area contributed by atoms with Crippen LogP contribution < -0.4 is 0 Å². The number of unbranched alkanes of at least 4 members (excludes halogenated alkanes) is 1. The Labute approximate surface area is 174 Å². The van der Waals surface area contributed by atoms with E-state index >= 15 is 0 Å². The van der Waals surface area contributed by atoms with Crippen LogP contribution in [0.25, 0.3) is 0 Å². The smallest absolute Gasteiger partial charge is 0.338 e. The molecule has 7 nitrogen and oxygen atoms in total. The van der Waals surface area contributed by atoms with E-state index in [4.69, 9.17) is 4.74 Å². The van der Waals surface area contributed by atoms with Crippen LogP contribution >= 0.6 is 0 Å². The Bertz CT molecular complexity index is 993. The number of esters is 1. The first kappa shape index (κ1) is 21.5. The highest BCUT2D eigenvalue weighted by molar-refractivity contribution is 6.30. The van der Waals surface area contributed by atoms with Crippen molar-refractivity contribution in [3.05, 3.63) is 58.1 Å². The van der Waals surface area contributed by atoms with Gasteiger partial charge in [0, 0.05) is 11.1 Å². The second-order valence-electron chi connectivity index (χ2n) is 7.15. The maximum Gasteiger partial charge on any atom is 0.338 e. The lowest BCUT2D eigenvalue weighted by molar-refractivity contribution is 0.0494. The topological polar surface area (TPSA) is 104 Å². The second kappa shape index (κ2) is 9.09. The van der Waals surface area contributed by atoms with Gasteiger partial charge in [0.25, 0.3) is 0 Å². The molecule has 0 radical (unpaired) electrons. The average Bonchev–Trinajstić information content (AvgIpc) is 2.73. The van der Waals surface area contributed by atoms with Crippen LogP contribution in [0.3, 0.4) is 0 Å². The van der Waals surface area contributed by atoms with E-state index in [-0.39, 0.29) is 40.2 Å². The van der Waals surface area contributed by atoms with Crippen molar-refractivity contribution in [2.45, 2.75) is 26.7 Å². The van der Waals surface area contributed by atoms with Crippen molar-refractivity contribution in [1.82, 2.24) is 4.90 Å². The average molecular weight is 411 g/mol. The number of phenolic OH excluding ortho intramolecular Hbond substituents is 2. The van der Waals surface area contributed by atoms with E-state index in [2.05, 4.69) is 18.7 Å². The van der Waals surface area contributed by atoms with Crippen molar-refractivity contribution in [3.8, 4) is 11.5 Å². The molecule has 2 aromatic rings. The van der Waals surface area contributed by atoms with Gasteiger partial charge in [-0.2, -0.15) is 0 Å². The van der Waals surface area contributed by atoms with Gasteiger partial charge >= 0.3 is 5.97 Å². The number of fused-ring (bicyclic) bond motifs is 2. The fourth-order valence-corrected chi connectivity index (χ4v) is 3.63. The standard InChI is InChI=1S/C23H25NO6/c1-3-24(4-2)10-5-6-11-30-23(29)14-12-16-20(18(26)13-14)22(28)19-15(21(16)27)8-7-9-17(19)25/h7-9,12-13,25-26H,3-6,10-11H2,1-2H3. The second-order valence-corrected chi connectivity index (χ2v) is 7.15. The minimum Gasteiger partial charge on any atom is -0.507 e. The third kappa shape index (κ3) is 4.07. The fraction of sp³-hybridized carbons (Fsp3) is 0.348. The molecule has 0 aromatic heterocycles. The minimum atomic E-state index is -0.669. The summed E-state index contributed by atoms with van der Waals surface area (Å²) < 4.78 is 5.27. The Morgan fingerprint density at radius 3 is 2.33 bits per heavy atom. The van der Waals surface area contributed by atoms with Crippen molar-refractivity contribution in [2.75, 3.05) is 26.2 Å². The number of hydrogen-bond donors (Lipinski definition) is 2. The van der Waals surface area contributed by atoms with Crippen LogP contribution in [-0.4, -0.2) is 58.9 Å². The third-order valence-corrected chi connectivity index (χ3v) is 5.34. The molecule has 0 atom stereocenters. The zero-order valence-electron chi connectivity index (χ0n) is 17.1. The molecule has 2 aromatic carbocycles. The molecular weight excluding hydrogens is 386 g/mol. The highest BCUT2D eigenvalue weighted by atomic mass is 16.5. The van der Waals surface area contributed by atoms with Gasteiger partial charge in [-0.15, -0.1) is 0 Å². The fourth-order valence-electron chi connectivity index (χ4n) is 3.63. The summed E-state index contributed by atoms with van der Waals surface area (Å²) >= 11 is 0. The van der Waals surface area contributed by atoms with Crippen molar-refractivity contribution >= 4 is 17.5 Å². The normalized spacial score (nSPS) is 12.6. The molecule has 1 aliphatic carbocycles. The Balaban J connectivity index is 1.74. The van der Waals surface area contributed by atoms with E-state index in [0.29, 0.717) is 6.42 Å². The van der Waals surface area contributed by atoms with E-state index in [1.807, 2.05) is 0 Å². The van der Waals surface area contributed by atoms with Crippen LogP contribution in [-0.2, 0) is 4.74 Å². The van der Waals surface area contributed by atoms with Gasteiger partial charge in [-0.05, 0) is 50.7 Å². The van der Waals surface area contributed by atoms with E-state index in [1.54, 1.807) is 0 Å². The predicted molar refractivity (Wildman–Crippen MR) is 110 cm³/mol. The molecule has 0 amide bonds. The van der Waals surface area contributed by atoms with Crippen LogP contribution in [0, 0.1) is 0 Å².